The van der Waals surface area contributed by atoms with Gasteiger partial charge in [-0.2, -0.15) is 9.78 Å². The summed E-state index contributed by atoms with van der Waals surface area (Å²) in [6.07, 6.45) is 2.83. The third-order valence-electron chi connectivity index (χ3n) is 1.80. The second kappa shape index (κ2) is 3.01. The van der Waals surface area contributed by atoms with E-state index in [0.717, 1.165) is 11.3 Å². The molecule has 0 saturated heterocycles. The van der Waals surface area contributed by atoms with Gasteiger partial charge in [-0.1, -0.05) is 0 Å². The Hall–Kier alpha value is -1.65. The van der Waals surface area contributed by atoms with Gasteiger partial charge in [-0.3, -0.25) is 4.99 Å². The summed E-state index contributed by atoms with van der Waals surface area (Å²) in [4.78, 5) is 15.3. The molecule has 68 valence electrons. The molecule has 2 rings (SSSR count). The lowest BCUT2D eigenvalue weighted by Gasteiger charge is -2.01. The molecule has 2 heterocycles. The number of rotatable bonds is 1. The molecule has 0 N–H and O–H groups in total. The van der Waals surface area contributed by atoms with E-state index < -0.39 is 6.09 Å². The summed E-state index contributed by atoms with van der Waals surface area (Å²) in [5.41, 5.74) is 1.70. The number of aliphatic imine (C=N–C) groups is 1. The molecule has 5 heteroatoms. The first-order valence-corrected chi connectivity index (χ1v) is 4.06. The number of carbonyl (C=O) groups excluding carboxylic acids is 1. The average Bonchev–Trinajstić information content (AvgIpc) is 2.62. The molecule has 1 aromatic heterocycles. The highest BCUT2D eigenvalue weighted by atomic mass is 16.5. The number of aromatic nitrogens is 2. The first kappa shape index (κ1) is 7.97. The van der Waals surface area contributed by atoms with Crippen LogP contribution in [0.4, 0.5) is 4.79 Å². The number of carbonyl (C=O) groups is 1. The second-order valence-corrected chi connectivity index (χ2v) is 2.64. The van der Waals surface area contributed by atoms with E-state index in [4.69, 9.17) is 4.74 Å². The van der Waals surface area contributed by atoms with Gasteiger partial charge in [-0.05, 0) is 6.92 Å². The molecule has 0 aliphatic carbocycles. The van der Waals surface area contributed by atoms with E-state index in [2.05, 4.69) is 10.1 Å². The largest absolute Gasteiger partial charge is 0.448 e. The highest BCUT2D eigenvalue weighted by Gasteiger charge is 2.17. The number of ether oxygens (including phenoxy) is 1. The van der Waals surface area contributed by atoms with Crippen molar-refractivity contribution in [1.29, 1.82) is 0 Å². The van der Waals surface area contributed by atoms with E-state index in [1.807, 2.05) is 0 Å². The molecule has 0 unspecified atom stereocenters. The van der Waals surface area contributed by atoms with E-state index in [1.165, 1.54) is 4.68 Å². The predicted octanol–water partition coefficient (Wildman–Crippen LogP) is 0.820. The molecule has 0 amide bonds. The Balaban J connectivity index is 2.31. The highest BCUT2D eigenvalue weighted by Crippen LogP contribution is 2.13. The summed E-state index contributed by atoms with van der Waals surface area (Å²) in [7, 11) is 0. The third kappa shape index (κ3) is 1.22. The molecule has 1 aliphatic heterocycles. The fourth-order valence-electron chi connectivity index (χ4n) is 1.21. The Kier molecular flexibility index (Phi) is 1.84. The van der Waals surface area contributed by atoms with Crippen LogP contribution < -0.4 is 0 Å². The lowest BCUT2D eigenvalue weighted by Crippen LogP contribution is -2.17. The number of hydrogen-bond donors (Lipinski definition) is 0. The van der Waals surface area contributed by atoms with Gasteiger partial charge < -0.3 is 4.74 Å². The van der Waals surface area contributed by atoms with Crippen LogP contribution in [-0.2, 0) is 11.3 Å². The first-order chi connectivity index (χ1) is 6.33. The van der Waals surface area contributed by atoms with Gasteiger partial charge in [0.2, 0.25) is 0 Å². The Morgan fingerprint density at radius 2 is 2.62 bits per heavy atom. The zero-order valence-corrected chi connectivity index (χ0v) is 7.23. The van der Waals surface area contributed by atoms with Crippen molar-refractivity contribution >= 4 is 12.3 Å². The fourth-order valence-corrected chi connectivity index (χ4v) is 1.21. The first-order valence-electron chi connectivity index (χ1n) is 4.06. The minimum atomic E-state index is -0.447. The van der Waals surface area contributed by atoms with E-state index in [-0.39, 0.29) is 0 Å². The van der Waals surface area contributed by atoms with Crippen molar-refractivity contribution in [3.8, 4) is 0 Å². The molecule has 0 bridgehead atoms. The van der Waals surface area contributed by atoms with Crippen LogP contribution >= 0.6 is 0 Å². The van der Waals surface area contributed by atoms with Gasteiger partial charge in [0.15, 0.2) is 0 Å². The number of nitrogens with zero attached hydrogens (tertiary/aromatic N) is 3. The zero-order chi connectivity index (χ0) is 9.26. The van der Waals surface area contributed by atoms with Crippen LogP contribution in [0.3, 0.4) is 0 Å². The van der Waals surface area contributed by atoms with Crippen LogP contribution in [0.5, 0.6) is 0 Å². The molecular formula is C8H9N3O2. The molecule has 1 aromatic rings. The summed E-state index contributed by atoms with van der Waals surface area (Å²) in [5.74, 6) is 0. The predicted molar refractivity (Wildman–Crippen MR) is 45.9 cm³/mol. The molecule has 0 aromatic carbocycles. The third-order valence-corrected chi connectivity index (χ3v) is 1.80. The quantitative estimate of drug-likeness (QED) is 0.641. The van der Waals surface area contributed by atoms with Crippen LogP contribution in [0.2, 0.25) is 0 Å². The highest BCUT2D eigenvalue weighted by molar-refractivity contribution is 5.87. The second-order valence-electron chi connectivity index (χ2n) is 2.64. The van der Waals surface area contributed by atoms with Crippen molar-refractivity contribution in [3.05, 3.63) is 17.5 Å². The van der Waals surface area contributed by atoms with Crippen molar-refractivity contribution in [2.24, 2.45) is 4.99 Å². The van der Waals surface area contributed by atoms with Gasteiger partial charge >= 0.3 is 6.09 Å². The van der Waals surface area contributed by atoms with Gasteiger partial charge in [0.05, 0.1) is 25.0 Å². The summed E-state index contributed by atoms with van der Waals surface area (Å²) in [5, 5.41) is 3.91. The lowest BCUT2D eigenvalue weighted by atomic mass is 10.3. The Bertz CT molecular complexity index is 367. The van der Waals surface area contributed by atoms with Crippen LogP contribution in [-0.4, -0.2) is 28.7 Å². The smallest absolute Gasteiger partial charge is 0.435 e. The van der Waals surface area contributed by atoms with Crippen molar-refractivity contribution in [1.82, 2.24) is 9.78 Å². The van der Waals surface area contributed by atoms with Gasteiger partial charge in [0, 0.05) is 11.8 Å². The normalized spacial score (nSPS) is 13.0. The summed E-state index contributed by atoms with van der Waals surface area (Å²) < 4.78 is 6.04. The maximum Gasteiger partial charge on any atom is 0.435 e. The maximum absolute atomic E-state index is 11.3. The van der Waals surface area contributed by atoms with Crippen molar-refractivity contribution in [3.63, 3.8) is 0 Å². The van der Waals surface area contributed by atoms with Gasteiger partial charge in [-0.15, -0.1) is 0 Å². The SMILES string of the molecule is CCOC(=O)n1ncc2c1C=NC2. The monoisotopic (exact) mass is 179 g/mol. The topological polar surface area (TPSA) is 56.5 Å². The van der Waals surface area contributed by atoms with Crippen LogP contribution in [0.1, 0.15) is 18.2 Å². The van der Waals surface area contributed by atoms with Crippen molar-refractivity contribution in [2.45, 2.75) is 13.5 Å². The molecule has 1 aliphatic rings. The molecular weight excluding hydrogens is 170 g/mol. The summed E-state index contributed by atoms with van der Waals surface area (Å²) >= 11 is 0. The Labute approximate surface area is 75.0 Å². The molecule has 0 spiro atoms. The fraction of sp³-hybridized carbons (Fsp3) is 0.375. The summed E-state index contributed by atoms with van der Waals surface area (Å²) in [6.45, 7) is 2.72. The summed E-state index contributed by atoms with van der Waals surface area (Å²) in [6, 6.07) is 0. The van der Waals surface area contributed by atoms with E-state index in [0.29, 0.717) is 13.2 Å². The van der Waals surface area contributed by atoms with Crippen LogP contribution in [0.15, 0.2) is 11.2 Å². The lowest BCUT2D eigenvalue weighted by molar-refractivity contribution is 0.150. The number of fused-ring (bicyclic) bond motifs is 1. The van der Waals surface area contributed by atoms with Gasteiger partial charge in [0.1, 0.15) is 0 Å². The van der Waals surface area contributed by atoms with E-state index in [9.17, 15) is 4.79 Å². The Morgan fingerprint density at radius 1 is 1.77 bits per heavy atom. The van der Waals surface area contributed by atoms with Crippen molar-refractivity contribution in [2.75, 3.05) is 6.61 Å². The molecule has 5 nitrogen and oxygen atoms in total. The molecule has 0 atom stereocenters. The Morgan fingerprint density at radius 3 is 3.38 bits per heavy atom. The van der Waals surface area contributed by atoms with Gasteiger partial charge in [0.25, 0.3) is 0 Å². The minimum Gasteiger partial charge on any atom is -0.448 e. The molecule has 0 radical (unpaired) electrons. The standard InChI is InChI=1S/C8H9N3O2/c1-2-13-8(12)11-7-5-9-3-6(7)4-10-11/h4-5H,2-3H2,1H3. The van der Waals surface area contributed by atoms with Gasteiger partial charge in [-0.25, -0.2) is 4.79 Å². The van der Waals surface area contributed by atoms with Crippen LogP contribution in [0, 0.1) is 0 Å². The molecule has 13 heavy (non-hydrogen) atoms. The molecule has 0 saturated carbocycles. The minimum absolute atomic E-state index is 0.352. The van der Waals surface area contributed by atoms with Crippen LogP contribution in [0.25, 0.3) is 0 Å². The van der Waals surface area contributed by atoms with E-state index in [1.54, 1.807) is 19.3 Å². The van der Waals surface area contributed by atoms with E-state index >= 15 is 0 Å². The molecule has 0 fully saturated rings. The average molecular weight is 179 g/mol. The van der Waals surface area contributed by atoms with Crippen molar-refractivity contribution < 1.29 is 9.53 Å². The zero-order valence-electron chi connectivity index (χ0n) is 7.23. The number of hydrogen-bond acceptors (Lipinski definition) is 4. The maximum atomic E-state index is 11.3.